The molecule has 0 amide bonds. The Hall–Kier alpha value is -0.500. The molecule has 0 aliphatic heterocycles. The first-order valence-electron chi connectivity index (χ1n) is 5.07. The van der Waals surface area contributed by atoms with Crippen LogP contribution >= 0.6 is 11.3 Å². The van der Waals surface area contributed by atoms with E-state index in [0.29, 0.717) is 13.0 Å². The number of nitrogens with zero attached hydrogens (tertiary/aromatic N) is 1. The number of nitrogens with two attached hydrogens (primary N) is 1. The summed E-state index contributed by atoms with van der Waals surface area (Å²) in [6, 6.07) is -0.276. The van der Waals surface area contributed by atoms with E-state index in [2.05, 4.69) is 9.71 Å². The zero-order valence-electron chi connectivity index (χ0n) is 9.43. The van der Waals surface area contributed by atoms with Gasteiger partial charge in [-0.15, -0.1) is 11.3 Å². The molecular formula is C9H17N3O2S2. The topological polar surface area (TPSA) is 85.1 Å². The lowest BCUT2D eigenvalue weighted by Gasteiger charge is -2.11. The molecule has 0 saturated carbocycles. The minimum atomic E-state index is -3.25. The van der Waals surface area contributed by atoms with E-state index in [9.17, 15) is 8.42 Å². The molecule has 0 bridgehead atoms. The first-order chi connectivity index (χ1) is 7.44. The molecule has 3 N–H and O–H groups in total. The summed E-state index contributed by atoms with van der Waals surface area (Å²) >= 11 is 1.50. The fourth-order valence-electron chi connectivity index (χ4n) is 1.22. The monoisotopic (exact) mass is 263 g/mol. The fraction of sp³-hybridized carbons (Fsp3) is 0.667. The van der Waals surface area contributed by atoms with E-state index in [1.807, 2.05) is 6.92 Å². The van der Waals surface area contributed by atoms with E-state index >= 15 is 0 Å². The van der Waals surface area contributed by atoms with Gasteiger partial charge in [0.1, 0.15) is 5.01 Å². The van der Waals surface area contributed by atoms with Crippen molar-refractivity contribution in [1.82, 2.24) is 9.71 Å². The summed E-state index contributed by atoms with van der Waals surface area (Å²) in [5, 5.41) is 0.786. The molecule has 0 radical (unpaired) electrons. The fourth-order valence-corrected chi connectivity index (χ4v) is 3.39. The van der Waals surface area contributed by atoms with Gasteiger partial charge in [-0.2, -0.15) is 0 Å². The quantitative estimate of drug-likeness (QED) is 0.794. The molecule has 1 heterocycles. The van der Waals surface area contributed by atoms with E-state index in [-0.39, 0.29) is 11.8 Å². The molecule has 0 aromatic carbocycles. The van der Waals surface area contributed by atoms with Gasteiger partial charge < -0.3 is 5.73 Å². The van der Waals surface area contributed by atoms with E-state index in [4.69, 9.17) is 5.73 Å². The van der Waals surface area contributed by atoms with Crippen LogP contribution in [-0.2, 0) is 10.0 Å². The smallest absolute Gasteiger partial charge is 0.212 e. The molecule has 0 spiro atoms. The predicted molar refractivity (Wildman–Crippen MR) is 65.9 cm³/mol. The lowest BCUT2D eigenvalue weighted by atomic mass is 10.4. The maximum absolute atomic E-state index is 11.6. The summed E-state index contributed by atoms with van der Waals surface area (Å²) in [5.74, 6) is 0.0677. The minimum absolute atomic E-state index is 0.0677. The third-order valence-electron chi connectivity index (χ3n) is 1.98. The average Bonchev–Trinajstić information content (AvgIpc) is 2.61. The van der Waals surface area contributed by atoms with Gasteiger partial charge in [-0.25, -0.2) is 18.1 Å². The summed E-state index contributed by atoms with van der Waals surface area (Å²) in [6.07, 6.45) is 2.21. The van der Waals surface area contributed by atoms with Gasteiger partial charge >= 0.3 is 0 Å². The van der Waals surface area contributed by atoms with Crippen LogP contribution in [0.25, 0.3) is 0 Å². The number of aromatic nitrogens is 1. The number of hydrogen-bond donors (Lipinski definition) is 2. The Morgan fingerprint density at radius 1 is 1.62 bits per heavy atom. The molecule has 5 nitrogen and oxygen atoms in total. The van der Waals surface area contributed by atoms with Gasteiger partial charge in [0.15, 0.2) is 0 Å². The summed E-state index contributed by atoms with van der Waals surface area (Å²) in [5.41, 5.74) is 5.28. The highest BCUT2D eigenvalue weighted by molar-refractivity contribution is 7.89. The van der Waals surface area contributed by atoms with Gasteiger partial charge in [-0.3, -0.25) is 0 Å². The Morgan fingerprint density at radius 3 is 2.81 bits per heavy atom. The second kappa shape index (κ2) is 5.72. The second-order valence-electron chi connectivity index (χ2n) is 3.61. The van der Waals surface area contributed by atoms with Crippen molar-refractivity contribution in [2.24, 2.45) is 5.73 Å². The zero-order chi connectivity index (χ0) is 12.2. The molecule has 1 aromatic heterocycles. The average molecular weight is 263 g/mol. The first-order valence-corrected chi connectivity index (χ1v) is 7.54. The first kappa shape index (κ1) is 13.6. The molecule has 1 unspecified atom stereocenters. The summed E-state index contributed by atoms with van der Waals surface area (Å²) in [4.78, 5) is 5.22. The molecular weight excluding hydrogens is 246 g/mol. The summed E-state index contributed by atoms with van der Waals surface area (Å²) < 4.78 is 25.8. The van der Waals surface area contributed by atoms with Crippen molar-refractivity contribution in [3.05, 3.63) is 16.1 Å². The molecule has 0 aliphatic rings. The third-order valence-corrected chi connectivity index (χ3v) is 4.62. The molecule has 16 heavy (non-hydrogen) atoms. The van der Waals surface area contributed by atoms with Crippen LogP contribution in [0.4, 0.5) is 0 Å². The van der Waals surface area contributed by atoms with Gasteiger partial charge in [0.05, 0.1) is 11.8 Å². The highest BCUT2D eigenvalue weighted by Gasteiger charge is 2.17. The van der Waals surface area contributed by atoms with Gasteiger partial charge in [0.2, 0.25) is 10.0 Å². The highest BCUT2D eigenvalue weighted by atomic mass is 32.2. The van der Waals surface area contributed by atoms with Crippen LogP contribution in [-0.4, -0.2) is 25.7 Å². The highest BCUT2D eigenvalue weighted by Crippen LogP contribution is 2.19. The van der Waals surface area contributed by atoms with Crippen molar-refractivity contribution in [2.45, 2.75) is 26.3 Å². The Morgan fingerprint density at radius 2 is 2.31 bits per heavy atom. The van der Waals surface area contributed by atoms with Crippen LogP contribution in [0.1, 0.15) is 29.3 Å². The lowest BCUT2D eigenvalue weighted by Crippen LogP contribution is -2.29. The number of nitrogens with one attached hydrogen (secondary N) is 1. The maximum atomic E-state index is 11.6. The largest absolute Gasteiger partial charge is 0.330 e. The molecule has 0 aliphatic carbocycles. The second-order valence-corrected chi connectivity index (χ2v) is 6.75. The van der Waals surface area contributed by atoms with E-state index in [1.54, 1.807) is 13.1 Å². The van der Waals surface area contributed by atoms with Crippen LogP contribution in [0, 0.1) is 6.92 Å². The molecule has 1 rings (SSSR count). The molecule has 7 heteroatoms. The van der Waals surface area contributed by atoms with E-state index in [1.165, 1.54) is 11.3 Å². The third kappa shape index (κ3) is 4.17. The van der Waals surface area contributed by atoms with E-state index < -0.39 is 10.0 Å². The Balaban J connectivity index is 2.60. The van der Waals surface area contributed by atoms with Gasteiger partial charge in [0.25, 0.3) is 0 Å². The molecule has 1 atom stereocenters. The summed E-state index contributed by atoms with van der Waals surface area (Å²) in [6.45, 7) is 4.11. The van der Waals surface area contributed by atoms with Crippen LogP contribution < -0.4 is 10.5 Å². The minimum Gasteiger partial charge on any atom is -0.330 e. The van der Waals surface area contributed by atoms with Crippen LogP contribution in [0.3, 0.4) is 0 Å². The molecule has 0 saturated heterocycles. The van der Waals surface area contributed by atoms with Crippen molar-refractivity contribution < 1.29 is 8.42 Å². The number of aryl methyl sites for hydroxylation is 1. The number of rotatable bonds is 6. The van der Waals surface area contributed by atoms with Crippen molar-refractivity contribution in [3.63, 3.8) is 0 Å². The van der Waals surface area contributed by atoms with Crippen molar-refractivity contribution in [3.8, 4) is 0 Å². The van der Waals surface area contributed by atoms with Gasteiger partial charge in [-0.05, 0) is 26.8 Å². The summed E-state index contributed by atoms with van der Waals surface area (Å²) in [7, 11) is -3.25. The van der Waals surface area contributed by atoms with E-state index in [0.717, 1.165) is 9.88 Å². The van der Waals surface area contributed by atoms with Crippen LogP contribution in [0.2, 0.25) is 0 Å². The van der Waals surface area contributed by atoms with Gasteiger partial charge in [0, 0.05) is 11.1 Å². The number of sulfonamides is 1. The molecule has 0 fully saturated rings. The van der Waals surface area contributed by atoms with Crippen molar-refractivity contribution in [1.29, 1.82) is 0 Å². The Bertz CT molecular complexity index is 428. The van der Waals surface area contributed by atoms with Crippen LogP contribution in [0.5, 0.6) is 0 Å². The molecule has 1 aromatic rings. The number of thiazole rings is 1. The maximum Gasteiger partial charge on any atom is 0.212 e. The molecule has 92 valence electrons. The normalized spacial score (nSPS) is 13.9. The SMILES string of the molecule is Cc1cnc(C(C)NS(=O)(=O)CCCN)s1. The van der Waals surface area contributed by atoms with Crippen molar-refractivity contribution in [2.75, 3.05) is 12.3 Å². The predicted octanol–water partition coefficient (Wildman–Crippen LogP) is 0.781. The standard InChI is InChI=1S/C9H17N3O2S2/c1-7-6-11-9(15-7)8(2)12-16(13,14)5-3-4-10/h6,8,12H,3-5,10H2,1-2H3. The Kier molecular flexibility index (Phi) is 4.85. The lowest BCUT2D eigenvalue weighted by molar-refractivity contribution is 0.564. The van der Waals surface area contributed by atoms with Crippen LogP contribution in [0.15, 0.2) is 6.20 Å². The zero-order valence-corrected chi connectivity index (χ0v) is 11.1. The van der Waals surface area contributed by atoms with Gasteiger partial charge in [-0.1, -0.05) is 0 Å². The van der Waals surface area contributed by atoms with Crippen molar-refractivity contribution >= 4 is 21.4 Å². The Labute approximate surface area is 100 Å². The number of hydrogen-bond acceptors (Lipinski definition) is 5.